The van der Waals surface area contributed by atoms with Crippen LogP contribution >= 0.6 is 0 Å². The third kappa shape index (κ3) is 2.88. The molecular weight excluding hydrogens is 359 g/mol. The summed E-state index contributed by atoms with van der Waals surface area (Å²) in [7, 11) is -3.95. The number of ether oxygens (including phenoxy) is 1. The Labute approximate surface area is 148 Å². The number of hydrogen-bond donors (Lipinski definition) is 1. The van der Waals surface area contributed by atoms with Crippen molar-refractivity contribution in [3.8, 4) is 5.75 Å². The summed E-state index contributed by atoms with van der Waals surface area (Å²) in [5.74, 6) is -0.330. The van der Waals surface area contributed by atoms with Crippen molar-refractivity contribution in [2.75, 3.05) is 11.3 Å². The number of aromatic nitrogens is 1. The molecule has 4 rings (SSSR count). The second-order valence-corrected chi connectivity index (χ2v) is 7.52. The highest BCUT2D eigenvalue weighted by molar-refractivity contribution is 7.92. The molecule has 2 heterocycles. The SMILES string of the molecule is O=C1CCOc2ccc(S(=O)(=O)Nc3ccc4cncc(F)c4c3)cc21. The standard InChI is InChI=1S/C18H13FN2O4S/c19-16-10-20-9-11-1-2-12(7-14(11)16)21-26(23,24)13-3-4-18-15(8-13)17(22)5-6-25-18/h1-4,7-10,21H,5-6H2. The number of pyridine rings is 1. The summed E-state index contributed by atoms with van der Waals surface area (Å²) in [6.45, 7) is 0.285. The number of Topliss-reactive ketones (excluding diaryl/α,β-unsaturated/α-hetero) is 1. The predicted molar refractivity (Wildman–Crippen MR) is 93.4 cm³/mol. The zero-order valence-electron chi connectivity index (χ0n) is 13.4. The fraction of sp³-hybridized carbons (Fsp3) is 0.111. The lowest BCUT2D eigenvalue weighted by Crippen LogP contribution is -2.18. The number of rotatable bonds is 3. The molecule has 3 aromatic rings. The highest BCUT2D eigenvalue weighted by Crippen LogP contribution is 2.29. The Morgan fingerprint density at radius 1 is 1.12 bits per heavy atom. The van der Waals surface area contributed by atoms with Crippen molar-refractivity contribution in [2.24, 2.45) is 0 Å². The lowest BCUT2D eigenvalue weighted by atomic mass is 10.1. The van der Waals surface area contributed by atoms with Crippen LogP contribution in [0.3, 0.4) is 0 Å². The molecule has 2 aromatic carbocycles. The number of halogens is 1. The number of hydrogen-bond acceptors (Lipinski definition) is 5. The first kappa shape index (κ1) is 16.5. The molecule has 132 valence electrons. The molecule has 1 aliphatic heterocycles. The van der Waals surface area contributed by atoms with Crippen molar-refractivity contribution in [3.05, 3.63) is 60.2 Å². The number of sulfonamides is 1. The molecule has 0 saturated heterocycles. The lowest BCUT2D eigenvalue weighted by molar-refractivity contribution is 0.0933. The van der Waals surface area contributed by atoms with Crippen LogP contribution in [-0.2, 0) is 10.0 Å². The molecule has 0 fully saturated rings. The van der Waals surface area contributed by atoms with Gasteiger partial charge >= 0.3 is 0 Å². The van der Waals surface area contributed by atoms with Gasteiger partial charge in [-0.2, -0.15) is 0 Å². The largest absolute Gasteiger partial charge is 0.492 e. The summed E-state index contributed by atoms with van der Waals surface area (Å²) >= 11 is 0. The van der Waals surface area contributed by atoms with Crippen molar-refractivity contribution < 1.29 is 22.3 Å². The summed E-state index contributed by atoms with van der Waals surface area (Å²) in [5.41, 5.74) is 0.456. The third-order valence-electron chi connectivity index (χ3n) is 4.11. The highest BCUT2D eigenvalue weighted by atomic mass is 32.2. The Bertz CT molecular complexity index is 1150. The Balaban J connectivity index is 1.71. The molecule has 0 amide bonds. The van der Waals surface area contributed by atoms with E-state index in [0.717, 1.165) is 6.20 Å². The fourth-order valence-corrected chi connectivity index (χ4v) is 3.89. The van der Waals surface area contributed by atoms with Crippen LogP contribution in [-0.4, -0.2) is 25.8 Å². The van der Waals surface area contributed by atoms with Gasteiger partial charge in [-0.15, -0.1) is 0 Å². The van der Waals surface area contributed by atoms with Gasteiger partial charge in [0.05, 0.1) is 23.3 Å². The van der Waals surface area contributed by atoms with Gasteiger partial charge in [-0.3, -0.25) is 14.5 Å². The van der Waals surface area contributed by atoms with E-state index in [1.807, 2.05) is 0 Å². The molecule has 8 heteroatoms. The number of benzene rings is 2. The van der Waals surface area contributed by atoms with Crippen LogP contribution in [0.25, 0.3) is 10.8 Å². The zero-order valence-corrected chi connectivity index (χ0v) is 14.2. The molecule has 1 aliphatic rings. The fourth-order valence-electron chi connectivity index (χ4n) is 2.81. The van der Waals surface area contributed by atoms with Gasteiger partial charge < -0.3 is 4.74 Å². The quantitative estimate of drug-likeness (QED) is 0.763. The van der Waals surface area contributed by atoms with E-state index in [1.165, 1.54) is 36.5 Å². The van der Waals surface area contributed by atoms with E-state index in [-0.39, 0.29) is 40.3 Å². The third-order valence-corrected chi connectivity index (χ3v) is 5.49. The Morgan fingerprint density at radius 3 is 2.81 bits per heavy atom. The van der Waals surface area contributed by atoms with Crippen LogP contribution in [0.15, 0.2) is 53.7 Å². The maximum Gasteiger partial charge on any atom is 0.261 e. The maximum absolute atomic E-state index is 13.9. The molecular formula is C18H13FN2O4S. The molecule has 0 aliphatic carbocycles. The van der Waals surface area contributed by atoms with E-state index in [9.17, 15) is 17.6 Å². The van der Waals surface area contributed by atoms with Crippen LogP contribution in [0, 0.1) is 5.82 Å². The van der Waals surface area contributed by atoms with Gasteiger partial charge in [0.2, 0.25) is 0 Å². The van der Waals surface area contributed by atoms with Gasteiger partial charge in [-0.25, -0.2) is 12.8 Å². The molecule has 0 spiro atoms. The average Bonchev–Trinajstić information content (AvgIpc) is 2.62. The Hall–Kier alpha value is -3.00. The van der Waals surface area contributed by atoms with Crippen molar-refractivity contribution in [1.82, 2.24) is 4.98 Å². The summed E-state index contributed by atoms with van der Waals surface area (Å²) in [5, 5.41) is 0.818. The van der Waals surface area contributed by atoms with Crippen molar-refractivity contribution in [3.63, 3.8) is 0 Å². The van der Waals surface area contributed by atoms with Gasteiger partial charge in [-0.05, 0) is 30.3 Å². The molecule has 1 aromatic heterocycles. The van der Waals surface area contributed by atoms with Gasteiger partial charge in [0.15, 0.2) is 5.78 Å². The summed E-state index contributed by atoms with van der Waals surface area (Å²) in [6.07, 6.45) is 2.77. The van der Waals surface area contributed by atoms with Crippen molar-refractivity contribution in [2.45, 2.75) is 11.3 Å². The zero-order chi connectivity index (χ0) is 18.3. The van der Waals surface area contributed by atoms with E-state index in [4.69, 9.17) is 4.74 Å². The minimum absolute atomic E-state index is 0.0644. The van der Waals surface area contributed by atoms with E-state index in [1.54, 1.807) is 6.07 Å². The molecule has 0 bridgehead atoms. The topological polar surface area (TPSA) is 85.4 Å². The monoisotopic (exact) mass is 372 g/mol. The van der Waals surface area contributed by atoms with E-state index >= 15 is 0 Å². The molecule has 0 atom stereocenters. The van der Waals surface area contributed by atoms with Gasteiger partial charge in [0, 0.05) is 29.1 Å². The molecule has 0 unspecified atom stereocenters. The lowest BCUT2D eigenvalue weighted by Gasteiger charge is -2.17. The molecule has 0 saturated carbocycles. The van der Waals surface area contributed by atoms with Crippen LogP contribution in [0.4, 0.5) is 10.1 Å². The molecule has 1 N–H and O–H groups in total. The number of anilines is 1. The minimum Gasteiger partial charge on any atom is -0.492 e. The summed E-state index contributed by atoms with van der Waals surface area (Å²) < 4.78 is 46.9. The average molecular weight is 372 g/mol. The first-order chi connectivity index (χ1) is 12.4. The van der Waals surface area contributed by atoms with Gasteiger partial charge in [0.25, 0.3) is 10.0 Å². The number of ketones is 1. The van der Waals surface area contributed by atoms with Crippen molar-refractivity contribution >= 4 is 32.3 Å². The van der Waals surface area contributed by atoms with Crippen molar-refractivity contribution in [1.29, 1.82) is 0 Å². The Morgan fingerprint density at radius 2 is 1.96 bits per heavy atom. The Kier molecular flexibility index (Phi) is 3.84. The highest BCUT2D eigenvalue weighted by Gasteiger charge is 2.23. The van der Waals surface area contributed by atoms with E-state index in [2.05, 4.69) is 9.71 Å². The molecule has 26 heavy (non-hydrogen) atoms. The number of nitrogens with zero attached hydrogens (tertiary/aromatic N) is 1. The van der Waals surface area contributed by atoms with Crippen LogP contribution < -0.4 is 9.46 Å². The summed E-state index contributed by atoms with van der Waals surface area (Å²) in [6, 6.07) is 8.63. The number of nitrogens with one attached hydrogen (secondary N) is 1. The minimum atomic E-state index is -3.95. The van der Waals surface area contributed by atoms with Crippen LogP contribution in [0.1, 0.15) is 16.8 Å². The number of fused-ring (bicyclic) bond motifs is 2. The molecule has 6 nitrogen and oxygen atoms in total. The van der Waals surface area contributed by atoms with E-state index < -0.39 is 15.8 Å². The predicted octanol–water partition coefficient (Wildman–Crippen LogP) is 3.14. The maximum atomic E-state index is 13.9. The smallest absolute Gasteiger partial charge is 0.261 e. The van der Waals surface area contributed by atoms with Crippen LogP contribution in [0.5, 0.6) is 5.75 Å². The first-order valence-corrected chi connectivity index (χ1v) is 9.28. The van der Waals surface area contributed by atoms with E-state index in [0.29, 0.717) is 11.1 Å². The van der Waals surface area contributed by atoms with Crippen LogP contribution in [0.2, 0.25) is 0 Å². The van der Waals surface area contributed by atoms with Gasteiger partial charge in [-0.1, -0.05) is 6.07 Å². The van der Waals surface area contributed by atoms with Gasteiger partial charge in [0.1, 0.15) is 11.6 Å². The summed E-state index contributed by atoms with van der Waals surface area (Å²) in [4.78, 5) is 15.7. The normalized spacial score (nSPS) is 14.0. The number of carbonyl (C=O) groups excluding carboxylic acids is 1. The second kappa shape index (κ2) is 6.06. The first-order valence-electron chi connectivity index (χ1n) is 7.80. The second-order valence-electron chi connectivity index (χ2n) is 5.84. The molecule has 0 radical (unpaired) electrons. The number of carbonyl (C=O) groups is 1.